The van der Waals surface area contributed by atoms with E-state index < -0.39 is 0 Å². The van der Waals surface area contributed by atoms with Gasteiger partial charge in [0.15, 0.2) is 0 Å². The molecule has 0 radical (unpaired) electrons. The summed E-state index contributed by atoms with van der Waals surface area (Å²) >= 11 is 0. The second-order valence-corrected chi connectivity index (χ2v) is 3.86. The third-order valence-electron chi connectivity index (χ3n) is 2.88. The van der Waals surface area contributed by atoms with E-state index in [1.165, 1.54) is 32.6 Å². The van der Waals surface area contributed by atoms with Gasteiger partial charge in [-0.25, -0.2) is 0 Å². The van der Waals surface area contributed by atoms with Crippen molar-refractivity contribution in [1.82, 2.24) is 9.80 Å². The zero-order valence-corrected chi connectivity index (χ0v) is 10.5. The number of methoxy groups -OCH3 is 1. The van der Waals surface area contributed by atoms with Gasteiger partial charge in [0.05, 0.1) is 6.61 Å². The lowest BCUT2D eigenvalue weighted by atomic mass is 10.2. The van der Waals surface area contributed by atoms with E-state index in [1.54, 1.807) is 7.11 Å². The zero-order valence-electron chi connectivity index (χ0n) is 10.5. The molecule has 1 heterocycles. The maximum atomic E-state index is 5.22. The Hall–Kier alpha value is -0.380. The van der Waals surface area contributed by atoms with Crippen LogP contribution in [0.25, 0.3) is 0 Å². The van der Waals surface area contributed by atoms with Crippen LogP contribution in [-0.2, 0) is 4.74 Å². The van der Waals surface area contributed by atoms with Gasteiger partial charge in [-0.2, -0.15) is 0 Å². The molecule has 15 heavy (non-hydrogen) atoms. The molecule has 1 atom stereocenters. The number of nitrogens with zero attached hydrogens (tertiary/aromatic N) is 2. The van der Waals surface area contributed by atoms with E-state index in [9.17, 15) is 0 Å². The molecule has 0 aliphatic carbocycles. The van der Waals surface area contributed by atoms with E-state index in [2.05, 4.69) is 36.9 Å². The van der Waals surface area contributed by atoms with Gasteiger partial charge in [0.25, 0.3) is 0 Å². The van der Waals surface area contributed by atoms with Gasteiger partial charge in [-0.15, -0.1) is 13.2 Å². The van der Waals surface area contributed by atoms with Crippen molar-refractivity contribution >= 4 is 0 Å². The summed E-state index contributed by atoms with van der Waals surface area (Å²) in [4.78, 5) is 4.93. The van der Waals surface area contributed by atoms with Gasteiger partial charge in [0.1, 0.15) is 0 Å². The summed E-state index contributed by atoms with van der Waals surface area (Å²) in [5.41, 5.74) is 0. The Bertz CT molecular complexity index is 145. The van der Waals surface area contributed by atoms with E-state index in [1.807, 2.05) is 0 Å². The van der Waals surface area contributed by atoms with Crippen LogP contribution in [0.4, 0.5) is 0 Å². The first-order valence-electron chi connectivity index (χ1n) is 5.69. The molecule has 0 N–H and O–H groups in total. The number of piperazine rings is 1. The van der Waals surface area contributed by atoms with E-state index in [0.29, 0.717) is 6.04 Å². The van der Waals surface area contributed by atoms with Crippen LogP contribution in [0, 0.1) is 0 Å². The molecule has 0 saturated carbocycles. The van der Waals surface area contributed by atoms with Gasteiger partial charge >= 0.3 is 0 Å². The predicted molar refractivity (Wildman–Crippen MR) is 66.3 cm³/mol. The maximum absolute atomic E-state index is 5.22. The SMILES string of the molecule is C=C.CC[C@@H](COC)N1CCN(C)CC1. The molecule has 3 nitrogen and oxygen atoms in total. The maximum Gasteiger partial charge on any atom is 0.0617 e. The van der Waals surface area contributed by atoms with Crippen LogP contribution in [0.5, 0.6) is 0 Å². The van der Waals surface area contributed by atoms with Crippen LogP contribution in [-0.4, -0.2) is 62.8 Å². The fraction of sp³-hybridized carbons (Fsp3) is 0.833. The lowest BCUT2D eigenvalue weighted by molar-refractivity contribution is 0.0549. The third-order valence-corrected chi connectivity index (χ3v) is 2.88. The van der Waals surface area contributed by atoms with Gasteiger partial charge < -0.3 is 9.64 Å². The van der Waals surface area contributed by atoms with Crippen molar-refractivity contribution in [2.75, 3.05) is 46.9 Å². The van der Waals surface area contributed by atoms with Gasteiger partial charge in [-0.3, -0.25) is 4.90 Å². The van der Waals surface area contributed by atoms with Crippen molar-refractivity contribution in [2.24, 2.45) is 0 Å². The Balaban J connectivity index is 0.000000921. The smallest absolute Gasteiger partial charge is 0.0617 e. The highest BCUT2D eigenvalue weighted by Crippen LogP contribution is 2.08. The molecular formula is C12H26N2O. The van der Waals surface area contributed by atoms with Crippen LogP contribution >= 0.6 is 0 Å². The summed E-state index contributed by atoms with van der Waals surface area (Å²) in [5, 5.41) is 0. The molecule has 0 unspecified atom stereocenters. The molecule has 90 valence electrons. The third kappa shape index (κ3) is 5.30. The first-order chi connectivity index (χ1) is 7.27. The predicted octanol–water partition coefficient (Wildman–Crippen LogP) is 1.46. The highest BCUT2D eigenvalue weighted by atomic mass is 16.5. The monoisotopic (exact) mass is 214 g/mol. The minimum Gasteiger partial charge on any atom is -0.383 e. The molecule has 3 heteroatoms. The molecule has 0 aromatic carbocycles. The minimum absolute atomic E-state index is 0.624. The van der Waals surface area contributed by atoms with Crippen molar-refractivity contribution < 1.29 is 4.74 Å². The lowest BCUT2D eigenvalue weighted by Gasteiger charge is -2.37. The standard InChI is InChI=1S/C10H22N2O.C2H4/c1-4-10(9-13-3)12-7-5-11(2)6-8-12;1-2/h10H,4-9H2,1-3H3;1-2H2/t10-;/m0./s1. The van der Waals surface area contributed by atoms with Crippen LogP contribution in [0.2, 0.25) is 0 Å². The molecule has 1 aliphatic rings. The topological polar surface area (TPSA) is 15.7 Å². The summed E-state index contributed by atoms with van der Waals surface area (Å²) < 4.78 is 5.22. The van der Waals surface area contributed by atoms with Crippen molar-refractivity contribution in [3.63, 3.8) is 0 Å². The van der Waals surface area contributed by atoms with Crippen LogP contribution < -0.4 is 0 Å². The Kier molecular flexibility index (Phi) is 8.67. The first kappa shape index (κ1) is 14.6. The summed E-state index contributed by atoms with van der Waals surface area (Å²) in [5.74, 6) is 0. The van der Waals surface area contributed by atoms with Gasteiger partial charge in [0, 0.05) is 39.3 Å². The highest BCUT2D eigenvalue weighted by Gasteiger charge is 2.20. The van der Waals surface area contributed by atoms with Gasteiger partial charge in [0.2, 0.25) is 0 Å². The number of hydrogen-bond donors (Lipinski definition) is 0. The molecule has 1 saturated heterocycles. The minimum atomic E-state index is 0.624. The van der Waals surface area contributed by atoms with Crippen molar-refractivity contribution in [3.05, 3.63) is 13.2 Å². The molecule has 1 aliphatic heterocycles. The largest absolute Gasteiger partial charge is 0.383 e. The Morgan fingerprint density at radius 3 is 2.13 bits per heavy atom. The molecule has 0 aromatic rings. The normalized spacial score (nSPS) is 20.5. The summed E-state index contributed by atoms with van der Waals surface area (Å²) in [6, 6.07) is 0.624. The van der Waals surface area contributed by atoms with Crippen molar-refractivity contribution in [3.8, 4) is 0 Å². The van der Waals surface area contributed by atoms with E-state index in [4.69, 9.17) is 4.74 Å². The lowest BCUT2D eigenvalue weighted by Crippen LogP contribution is -2.50. The number of rotatable bonds is 4. The average molecular weight is 214 g/mol. The molecule has 1 fully saturated rings. The van der Waals surface area contributed by atoms with Gasteiger partial charge in [-0.1, -0.05) is 6.92 Å². The van der Waals surface area contributed by atoms with Crippen LogP contribution in [0.1, 0.15) is 13.3 Å². The number of likely N-dealkylation sites (N-methyl/N-ethyl adjacent to an activating group) is 1. The van der Waals surface area contributed by atoms with E-state index >= 15 is 0 Å². The van der Waals surface area contributed by atoms with Crippen molar-refractivity contribution in [1.29, 1.82) is 0 Å². The molecule has 0 spiro atoms. The average Bonchev–Trinajstić information content (AvgIpc) is 2.30. The quantitative estimate of drug-likeness (QED) is 0.659. The van der Waals surface area contributed by atoms with E-state index in [-0.39, 0.29) is 0 Å². The molecular weight excluding hydrogens is 188 g/mol. The highest BCUT2D eigenvalue weighted by molar-refractivity contribution is 4.76. The summed E-state index contributed by atoms with van der Waals surface area (Å²) in [6.07, 6.45) is 1.19. The molecule has 0 bridgehead atoms. The Morgan fingerprint density at radius 2 is 1.73 bits per heavy atom. The molecule has 1 rings (SSSR count). The molecule has 0 amide bonds. The fourth-order valence-electron chi connectivity index (χ4n) is 1.86. The fourth-order valence-corrected chi connectivity index (χ4v) is 1.86. The summed E-state index contributed by atoms with van der Waals surface area (Å²) in [6.45, 7) is 13.9. The van der Waals surface area contributed by atoms with E-state index in [0.717, 1.165) is 6.61 Å². The molecule has 0 aromatic heterocycles. The zero-order chi connectivity index (χ0) is 11.7. The summed E-state index contributed by atoms with van der Waals surface area (Å²) in [7, 11) is 3.98. The van der Waals surface area contributed by atoms with Crippen molar-refractivity contribution in [2.45, 2.75) is 19.4 Å². The first-order valence-corrected chi connectivity index (χ1v) is 5.69. The number of ether oxygens (including phenoxy) is 1. The Morgan fingerprint density at radius 1 is 1.20 bits per heavy atom. The second-order valence-electron chi connectivity index (χ2n) is 3.86. The second kappa shape index (κ2) is 8.89. The van der Waals surface area contributed by atoms with Crippen LogP contribution in [0.15, 0.2) is 13.2 Å². The number of hydrogen-bond acceptors (Lipinski definition) is 3. The van der Waals surface area contributed by atoms with Crippen LogP contribution in [0.3, 0.4) is 0 Å². The van der Waals surface area contributed by atoms with Gasteiger partial charge in [-0.05, 0) is 13.5 Å². The Labute approximate surface area is 94.7 Å².